The molecule has 0 aliphatic carbocycles. The van der Waals surface area contributed by atoms with Gasteiger partial charge in [0.1, 0.15) is 5.75 Å². The van der Waals surface area contributed by atoms with Crippen LogP contribution in [0.5, 0.6) is 5.75 Å². The first-order valence-corrected chi connectivity index (χ1v) is 11.2. The van der Waals surface area contributed by atoms with Crippen molar-refractivity contribution in [2.75, 3.05) is 44.7 Å². The third-order valence-electron chi connectivity index (χ3n) is 5.05. The Balaban J connectivity index is 1.48. The van der Waals surface area contributed by atoms with Crippen LogP contribution in [0.25, 0.3) is 0 Å². The van der Waals surface area contributed by atoms with E-state index in [1.54, 1.807) is 12.0 Å². The molecule has 1 amide bonds. The van der Waals surface area contributed by atoms with Crippen LogP contribution in [-0.4, -0.2) is 64.0 Å². The zero-order valence-electron chi connectivity index (χ0n) is 17.1. The first-order chi connectivity index (χ1) is 14.8. The van der Waals surface area contributed by atoms with Crippen LogP contribution in [0.3, 0.4) is 0 Å². The Kier molecular flexibility index (Phi) is 7.08. The van der Waals surface area contributed by atoms with E-state index >= 15 is 0 Å². The molecule has 1 N–H and O–H groups in total. The van der Waals surface area contributed by atoms with Gasteiger partial charge in [-0.3, -0.25) is 14.9 Å². The van der Waals surface area contributed by atoms with Gasteiger partial charge in [-0.05, 0) is 24.3 Å². The van der Waals surface area contributed by atoms with Crippen LogP contribution in [-0.2, 0) is 14.8 Å². The fraction of sp³-hybridized carbons (Fsp3) is 0.350. The fourth-order valence-electron chi connectivity index (χ4n) is 3.37. The first kappa shape index (κ1) is 22.5. The lowest BCUT2D eigenvalue weighted by atomic mass is 10.2. The standard InChI is InChI=1S/C20H24N4O6S/c1-30-19-5-3-2-4-18(19)22-12-14-23(15-13-22)20(25)10-11-21-31(28,29)17-8-6-16(7-9-17)24(26)27/h2-9,21H,10-15H2,1H3. The normalized spacial score (nSPS) is 14.4. The zero-order valence-corrected chi connectivity index (χ0v) is 17.9. The van der Waals surface area contributed by atoms with E-state index in [9.17, 15) is 23.3 Å². The maximum atomic E-state index is 12.5. The molecule has 11 heteroatoms. The van der Waals surface area contributed by atoms with Crippen LogP contribution in [0.1, 0.15) is 6.42 Å². The number of ether oxygens (including phenoxy) is 1. The molecule has 166 valence electrons. The lowest BCUT2D eigenvalue weighted by molar-refractivity contribution is -0.384. The number of nitrogens with one attached hydrogen (secondary N) is 1. The SMILES string of the molecule is COc1ccccc1N1CCN(C(=O)CCNS(=O)(=O)c2ccc([N+](=O)[O-])cc2)CC1. The van der Waals surface area contributed by atoms with Crippen LogP contribution in [0, 0.1) is 10.1 Å². The van der Waals surface area contributed by atoms with Crippen LogP contribution in [0.2, 0.25) is 0 Å². The molecular formula is C20H24N4O6S. The molecule has 2 aromatic rings. The highest BCUT2D eigenvalue weighted by atomic mass is 32.2. The summed E-state index contributed by atoms with van der Waals surface area (Å²) in [5.41, 5.74) is 0.786. The summed E-state index contributed by atoms with van der Waals surface area (Å²) in [5, 5.41) is 10.7. The summed E-state index contributed by atoms with van der Waals surface area (Å²) >= 11 is 0. The van der Waals surface area contributed by atoms with Gasteiger partial charge in [-0.1, -0.05) is 12.1 Å². The van der Waals surface area contributed by atoms with Crippen molar-refractivity contribution in [3.63, 3.8) is 0 Å². The highest BCUT2D eigenvalue weighted by molar-refractivity contribution is 7.89. The third-order valence-corrected chi connectivity index (χ3v) is 6.52. The van der Waals surface area contributed by atoms with Crippen molar-refractivity contribution in [2.24, 2.45) is 0 Å². The van der Waals surface area contributed by atoms with E-state index in [0.29, 0.717) is 26.2 Å². The highest BCUT2D eigenvalue weighted by Crippen LogP contribution is 2.28. The zero-order chi connectivity index (χ0) is 22.4. The van der Waals surface area contributed by atoms with Crippen molar-refractivity contribution >= 4 is 27.3 Å². The molecular weight excluding hydrogens is 424 g/mol. The van der Waals surface area contributed by atoms with Crippen molar-refractivity contribution in [1.82, 2.24) is 9.62 Å². The number of methoxy groups -OCH3 is 1. The fourth-order valence-corrected chi connectivity index (χ4v) is 4.40. The van der Waals surface area contributed by atoms with E-state index in [1.165, 1.54) is 12.1 Å². The summed E-state index contributed by atoms with van der Waals surface area (Å²) in [4.78, 5) is 26.3. The molecule has 2 aromatic carbocycles. The van der Waals surface area contributed by atoms with Gasteiger partial charge in [0.25, 0.3) is 5.69 Å². The van der Waals surface area contributed by atoms with Crippen LogP contribution < -0.4 is 14.4 Å². The number of sulfonamides is 1. The lowest BCUT2D eigenvalue weighted by Gasteiger charge is -2.36. The number of para-hydroxylation sites is 2. The minimum atomic E-state index is -3.85. The lowest BCUT2D eigenvalue weighted by Crippen LogP contribution is -2.49. The molecule has 10 nitrogen and oxygen atoms in total. The van der Waals surface area contributed by atoms with Gasteiger partial charge in [0.15, 0.2) is 0 Å². The topological polar surface area (TPSA) is 122 Å². The van der Waals surface area contributed by atoms with E-state index in [0.717, 1.165) is 23.6 Å². The number of anilines is 1. The Morgan fingerprint density at radius 1 is 1.10 bits per heavy atom. The number of amides is 1. The van der Waals surface area contributed by atoms with Gasteiger partial charge in [-0.25, -0.2) is 13.1 Å². The van der Waals surface area contributed by atoms with Gasteiger partial charge < -0.3 is 14.5 Å². The second kappa shape index (κ2) is 9.75. The average Bonchev–Trinajstić information content (AvgIpc) is 2.79. The Morgan fingerprint density at radius 2 is 1.74 bits per heavy atom. The molecule has 1 aliphatic heterocycles. The number of nitrogens with zero attached hydrogens (tertiary/aromatic N) is 3. The maximum Gasteiger partial charge on any atom is 0.269 e. The predicted octanol–water partition coefficient (Wildman–Crippen LogP) is 1.62. The summed E-state index contributed by atoms with van der Waals surface area (Å²) in [5.74, 6) is 0.647. The predicted molar refractivity (Wildman–Crippen MR) is 115 cm³/mol. The largest absolute Gasteiger partial charge is 0.495 e. The number of rotatable bonds is 8. The Morgan fingerprint density at radius 3 is 2.35 bits per heavy atom. The number of non-ortho nitro benzene ring substituents is 1. The third kappa shape index (κ3) is 5.50. The number of carbonyl (C=O) groups is 1. The van der Waals surface area contributed by atoms with Gasteiger partial charge >= 0.3 is 0 Å². The van der Waals surface area contributed by atoms with Crippen molar-refractivity contribution < 1.29 is 22.9 Å². The average molecular weight is 449 g/mol. The summed E-state index contributed by atoms with van der Waals surface area (Å²) < 4.78 is 32.4. The van der Waals surface area contributed by atoms with Gasteiger partial charge in [0, 0.05) is 51.3 Å². The number of piperazine rings is 1. The minimum Gasteiger partial charge on any atom is -0.495 e. The van der Waals surface area contributed by atoms with E-state index in [2.05, 4.69) is 9.62 Å². The van der Waals surface area contributed by atoms with Crippen molar-refractivity contribution in [3.8, 4) is 5.75 Å². The molecule has 1 saturated heterocycles. The molecule has 0 radical (unpaired) electrons. The molecule has 0 bridgehead atoms. The molecule has 31 heavy (non-hydrogen) atoms. The van der Waals surface area contributed by atoms with Crippen LogP contribution >= 0.6 is 0 Å². The molecule has 1 heterocycles. The summed E-state index contributed by atoms with van der Waals surface area (Å²) in [6.07, 6.45) is 0.0286. The monoisotopic (exact) mass is 448 g/mol. The van der Waals surface area contributed by atoms with Crippen molar-refractivity contribution in [2.45, 2.75) is 11.3 Å². The van der Waals surface area contributed by atoms with Crippen LogP contribution in [0.15, 0.2) is 53.4 Å². The smallest absolute Gasteiger partial charge is 0.269 e. The molecule has 0 unspecified atom stereocenters. The number of benzene rings is 2. The van der Waals surface area contributed by atoms with E-state index < -0.39 is 14.9 Å². The van der Waals surface area contributed by atoms with Gasteiger partial charge in [-0.15, -0.1) is 0 Å². The summed E-state index contributed by atoms with van der Waals surface area (Å²) in [7, 11) is -2.23. The number of carbonyl (C=O) groups excluding carboxylic acids is 1. The number of hydrogen-bond donors (Lipinski definition) is 1. The maximum absolute atomic E-state index is 12.5. The Labute approximate surface area is 180 Å². The molecule has 1 fully saturated rings. The van der Waals surface area contributed by atoms with Crippen LogP contribution in [0.4, 0.5) is 11.4 Å². The minimum absolute atomic E-state index is 0.0286. The second-order valence-corrected chi connectivity index (χ2v) is 8.71. The van der Waals surface area contributed by atoms with Gasteiger partial charge in [0.05, 0.1) is 22.6 Å². The Bertz CT molecular complexity index is 1030. The summed E-state index contributed by atoms with van der Waals surface area (Å²) in [6.45, 7) is 2.32. The summed E-state index contributed by atoms with van der Waals surface area (Å²) in [6, 6.07) is 12.3. The number of nitro groups is 1. The first-order valence-electron chi connectivity index (χ1n) is 9.71. The van der Waals surface area contributed by atoms with Gasteiger partial charge in [0.2, 0.25) is 15.9 Å². The molecule has 3 rings (SSSR count). The second-order valence-electron chi connectivity index (χ2n) is 6.94. The molecule has 0 aromatic heterocycles. The quantitative estimate of drug-likeness (QED) is 0.481. The van der Waals surface area contributed by atoms with Crippen molar-refractivity contribution in [3.05, 3.63) is 58.6 Å². The highest BCUT2D eigenvalue weighted by Gasteiger charge is 2.23. The van der Waals surface area contributed by atoms with E-state index in [4.69, 9.17) is 4.74 Å². The Hall–Kier alpha value is -3.18. The van der Waals surface area contributed by atoms with E-state index in [1.807, 2.05) is 24.3 Å². The van der Waals surface area contributed by atoms with E-state index in [-0.39, 0.29) is 29.5 Å². The molecule has 0 atom stereocenters. The van der Waals surface area contributed by atoms with Crippen molar-refractivity contribution in [1.29, 1.82) is 0 Å². The molecule has 0 saturated carbocycles. The van der Waals surface area contributed by atoms with Gasteiger partial charge in [-0.2, -0.15) is 0 Å². The molecule has 1 aliphatic rings. The molecule has 0 spiro atoms. The number of nitro benzene ring substituents is 1. The number of hydrogen-bond acceptors (Lipinski definition) is 7.